The van der Waals surface area contributed by atoms with Gasteiger partial charge in [0.1, 0.15) is 17.6 Å². The fourth-order valence-electron chi connectivity index (χ4n) is 4.09. The lowest BCUT2D eigenvalue weighted by atomic mass is 9.76. The van der Waals surface area contributed by atoms with E-state index in [0.29, 0.717) is 0 Å². The highest BCUT2D eigenvalue weighted by Gasteiger charge is 2.40. The first-order chi connectivity index (χ1) is 13.8. The van der Waals surface area contributed by atoms with E-state index >= 15 is 0 Å². The summed E-state index contributed by atoms with van der Waals surface area (Å²) in [5.74, 6) is 0.754. The topological polar surface area (TPSA) is 34.9 Å². The van der Waals surface area contributed by atoms with Crippen molar-refractivity contribution in [2.24, 2.45) is 0 Å². The molecule has 0 N–H and O–H groups in total. The van der Waals surface area contributed by atoms with Crippen LogP contribution in [0.1, 0.15) is 28.2 Å². The van der Waals surface area contributed by atoms with Crippen molar-refractivity contribution in [3.8, 4) is 0 Å². The Morgan fingerprint density at radius 3 is 1.61 bits per heavy atom. The largest absolute Gasteiger partial charge is 0.313 e. The molecule has 0 aliphatic heterocycles. The van der Waals surface area contributed by atoms with Gasteiger partial charge in [-0.1, -0.05) is 91.0 Å². The van der Waals surface area contributed by atoms with Crippen LogP contribution in [0.25, 0.3) is 0 Å². The molecule has 138 valence electrons. The molecule has 0 fully saturated rings. The van der Waals surface area contributed by atoms with Crippen molar-refractivity contribution in [3.63, 3.8) is 0 Å². The maximum absolute atomic E-state index is 11.4. The van der Waals surface area contributed by atoms with Crippen LogP contribution in [0.15, 0.2) is 97.2 Å². The summed E-state index contributed by atoms with van der Waals surface area (Å²) in [6.07, 6.45) is 3.04. The van der Waals surface area contributed by atoms with Crippen LogP contribution >= 0.6 is 0 Å². The number of imidazole rings is 1. The fraction of sp³-hybridized carbons (Fsp3) is 0.120. The molecule has 0 amide bonds. The van der Waals surface area contributed by atoms with E-state index in [-0.39, 0.29) is 6.42 Å². The molecule has 3 heteroatoms. The van der Waals surface area contributed by atoms with Gasteiger partial charge in [-0.05, 0) is 23.6 Å². The first-order valence-corrected chi connectivity index (χ1v) is 9.42. The van der Waals surface area contributed by atoms with E-state index in [2.05, 4.69) is 82.3 Å². The first-order valence-electron chi connectivity index (χ1n) is 9.42. The summed E-state index contributed by atoms with van der Waals surface area (Å²) < 4.78 is 2.21. The smallest absolute Gasteiger partial charge is 0.127 e. The number of aldehydes is 1. The van der Waals surface area contributed by atoms with Gasteiger partial charge >= 0.3 is 0 Å². The zero-order chi connectivity index (χ0) is 19.4. The van der Waals surface area contributed by atoms with Gasteiger partial charge in [0.15, 0.2) is 0 Å². The van der Waals surface area contributed by atoms with Gasteiger partial charge in [0, 0.05) is 11.9 Å². The SMILES string of the molecule is Cc1cnc(CC=O)n1C(c1ccccc1)(c1ccccc1)c1ccccc1. The Kier molecular flexibility index (Phi) is 4.90. The van der Waals surface area contributed by atoms with E-state index < -0.39 is 5.54 Å². The van der Waals surface area contributed by atoms with Crippen LogP contribution in [0.3, 0.4) is 0 Å². The Bertz CT molecular complexity index is 957. The quantitative estimate of drug-likeness (QED) is 0.364. The molecule has 0 atom stereocenters. The van der Waals surface area contributed by atoms with Crippen LogP contribution in [0.4, 0.5) is 0 Å². The van der Waals surface area contributed by atoms with E-state index in [1.54, 1.807) is 0 Å². The second-order valence-corrected chi connectivity index (χ2v) is 6.83. The van der Waals surface area contributed by atoms with E-state index in [1.807, 2.05) is 31.3 Å². The Hall–Kier alpha value is -3.46. The molecule has 0 aliphatic carbocycles. The number of carbonyl (C=O) groups excluding carboxylic acids is 1. The van der Waals surface area contributed by atoms with Crippen LogP contribution in [-0.2, 0) is 16.8 Å². The van der Waals surface area contributed by atoms with E-state index in [1.165, 1.54) is 0 Å². The van der Waals surface area contributed by atoms with Crippen LogP contribution < -0.4 is 0 Å². The summed E-state index contributed by atoms with van der Waals surface area (Å²) >= 11 is 0. The monoisotopic (exact) mass is 366 g/mol. The van der Waals surface area contributed by atoms with Crippen LogP contribution in [0.5, 0.6) is 0 Å². The number of aryl methyl sites for hydroxylation is 1. The lowest BCUT2D eigenvalue weighted by Gasteiger charge is -2.39. The van der Waals surface area contributed by atoms with E-state index in [9.17, 15) is 4.79 Å². The molecular weight excluding hydrogens is 344 g/mol. The van der Waals surface area contributed by atoms with Crippen LogP contribution in [-0.4, -0.2) is 15.8 Å². The molecule has 0 spiro atoms. The van der Waals surface area contributed by atoms with Crippen molar-refractivity contribution < 1.29 is 4.79 Å². The van der Waals surface area contributed by atoms with Gasteiger partial charge in [-0.2, -0.15) is 0 Å². The summed E-state index contributed by atoms with van der Waals surface area (Å²) in [5.41, 5.74) is 3.76. The molecule has 0 saturated carbocycles. The van der Waals surface area contributed by atoms with Crippen molar-refractivity contribution in [2.45, 2.75) is 18.9 Å². The van der Waals surface area contributed by atoms with Gasteiger partial charge in [-0.25, -0.2) is 4.98 Å². The molecule has 4 rings (SSSR count). The average Bonchev–Trinajstić information content (AvgIpc) is 3.12. The standard InChI is InChI=1S/C25H22N2O/c1-20-19-26-24(17-18-28)27(20)25(21-11-5-2-6-12-21,22-13-7-3-8-14-22)23-15-9-4-10-16-23/h2-16,18-19H,17H2,1H3. The molecule has 0 unspecified atom stereocenters. The summed E-state index contributed by atoms with van der Waals surface area (Å²) in [4.78, 5) is 16.0. The zero-order valence-corrected chi connectivity index (χ0v) is 15.8. The Morgan fingerprint density at radius 1 is 0.786 bits per heavy atom. The maximum Gasteiger partial charge on any atom is 0.127 e. The molecule has 0 saturated heterocycles. The van der Waals surface area contributed by atoms with Crippen LogP contribution in [0.2, 0.25) is 0 Å². The van der Waals surface area contributed by atoms with Crippen molar-refractivity contribution in [1.29, 1.82) is 0 Å². The molecule has 4 aromatic rings. The van der Waals surface area contributed by atoms with E-state index in [4.69, 9.17) is 0 Å². The average molecular weight is 366 g/mol. The van der Waals surface area contributed by atoms with Gasteiger partial charge in [0.05, 0.1) is 6.42 Å². The lowest BCUT2D eigenvalue weighted by molar-refractivity contribution is -0.107. The highest BCUT2D eigenvalue weighted by Crippen LogP contribution is 2.42. The number of carbonyl (C=O) groups is 1. The van der Waals surface area contributed by atoms with Gasteiger partial charge < -0.3 is 9.36 Å². The third kappa shape index (κ3) is 2.85. The van der Waals surface area contributed by atoms with Crippen LogP contribution in [0, 0.1) is 6.92 Å². The normalized spacial score (nSPS) is 11.3. The first kappa shape index (κ1) is 17.9. The molecule has 0 aliphatic rings. The maximum atomic E-state index is 11.4. The molecule has 3 nitrogen and oxygen atoms in total. The molecule has 0 radical (unpaired) electrons. The molecule has 1 heterocycles. The lowest BCUT2D eigenvalue weighted by Crippen LogP contribution is -2.39. The van der Waals surface area contributed by atoms with Gasteiger partial charge in [0.25, 0.3) is 0 Å². The van der Waals surface area contributed by atoms with Crippen molar-refractivity contribution in [2.75, 3.05) is 0 Å². The summed E-state index contributed by atoms with van der Waals surface area (Å²) in [5, 5.41) is 0. The van der Waals surface area contributed by atoms with Crippen molar-refractivity contribution >= 4 is 6.29 Å². The third-order valence-electron chi connectivity index (χ3n) is 5.19. The second kappa shape index (κ2) is 7.65. The molecule has 28 heavy (non-hydrogen) atoms. The zero-order valence-electron chi connectivity index (χ0n) is 15.8. The Labute approximate surface area is 165 Å². The van der Waals surface area contributed by atoms with E-state index in [0.717, 1.165) is 34.5 Å². The number of nitrogens with zero attached hydrogens (tertiary/aromatic N) is 2. The molecular formula is C25H22N2O. The third-order valence-corrected chi connectivity index (χ3v) is 5.19. The minimum atomic E-state index is -0.622. The predicted molar refractivity (Wildman–Crippen MR) is 111 cm³/mol. The summed E-state index contributed by atoms with van der Waals surface area (Å²) in [6.45, 7) is 2.05. The molecule has 1 aromatic heterocycles. The second-order valence-electron chi connectivity index (χ2n) is 6.83. The number of aromatic nitrogens is 2. The Morgan fingerprint density at radius 2 is 1.21 bits per heavy atom. The number of rotatable bonds is 6. The van der Waals surface area contributed by atoms with Gasteiger partial charge in [0.2, 0.25) is 0 Å². The van der Waals surface area contributed by atoms with Crippen molar-refractivity contribution in [3.05, 3.63) is 125 Å². The Balaban J connectivity index is 2.18. The van der Waals surface area contributed by atoms with Crippen molar-refractivity contribution in [1.82, 2.24) is 9.55 Å². The van der Waals surface area contributed by atoms with Gasteiger partial charge in [-0.3, -0.25) is 0 Å². The number of hydrogen-bond acceptors (Lipinski definition) is 2. The fourth-order valence-corrected chi connectivity index (χ4v) is 4.09. The highest BCUT2D eigenvalue weighted by molar-refractivity contribution is 5.56. The highest BCUT2D eigenvalue weighted by atomic mass is 16.1. The predicted octanol–water partition coefficient (Wildman–Crippen LogP) is 4.77. The molecule has 0 bridgehead atoms. The minimum Gasteiger partial charge on any atom is -0.313 e. The van der Waals surface area contributed by atoms with Gasteiger partial charge in [-0.15, -0.1) is 0 Å². The number of hydrogen-bond donors (Lipinski definition) is 0. The summed E-state index contributed by atoms with van der Waals surface area (Å²) in [6, 6.07) is 31.3. The summed E-state index contributed by atoms with van der Waals surface area (Å²) in [7, 11) is 0. The number of benzene rings is 3. The molecule has 3 aromatic carbocycles. The minimum absolute atomic E-state index is 0.266.